The lowest BCUT2D eigenvalue weighted by atomic mass is 9.97. The summed E-state index contributed by atoms with van der Waals surface area (Å²) in [6, 6.07) is -1.44. The zero-order chi connectivity index (χ0) is 65.3. The summed E-state index contributed by atoms with van der Waals surface area (Å²) in [5.74, 6) is -6.86. The van der Waals surface area contributed by atoms with Gasteiger partial charge in [-0.05, 0) is 125 Å². The van der Waals surface area contributed by atoms with Gasteiger partial charge in [-0.1, -0.05) is 87.4 Å². The third kappa shape index (κ3) is 29.6. The van der Waals surface area contributed by atoms with Gasteiger partial charge in [0.2, 0.25) is 53.2 Å². The van der Waals surface area contributed by atoms with Crippen molar-refractivity contribution < 1.29 is 43.2 Å². The molecule has 87 heavy (non-hydrogen) atoms. The third-order valence-electron chi connectivity index (χ3n) is 14.1. The molecule has 2 rings (SSSR count). The highest BCUT2D eigenvalue weighted by molar-refractivity contribution is 5.98. The van der Waals surface area contributed by atoms with E-state index < -0.39 is 107 Å². The zero-order valence-electron chi connectivity index (χ0n) is 53.2. The molecule has 2 aromatic rings. The monoisotopic (exact) mass is 1220 g/mol. The molecule has 1 heterocycles. The number of para-hydroxylation sites is 1. The highest BCUT2D eigenvalue weighted by atomic mass is 16.2. The Bertz CT molecular complexity index is 2560. The number of aromatic nitrogens is 1. The first-order valence-electron chi connectivity index (χ1n) is 30.8. The van der Waals surface area contributed by atoms with Crippen LogP contribution in [0.15, 0.2) is 40.4 Å². The van der Waals surface area contributed by atoms with E-state index in [2.05, 4.69) is 62.8 Å². The summed E-state index contributed by atoms with van der Waals surface area (Å²) in [7, 11) is 0. The Morgan fingerprint density at radius 1 is 0.460 bits per heavy atom. The van der Waals surface area contributed by atoms with E-state index >= 15 is 0 Å². The second-order valence-electron chi connectivity index (χ2n) is 24.4. The van der Waals surface area contributed by atoms with Crippen LogP contribution in [-0.4, -0.2) is 151 Å². The van der Waals surface area contributed by atoms with Crippen LogP contribution >= 0.6 is 0 Å². The fourth-order valence-electron chi connectivity index (χ4n) is 9.71. The number of benzene rings is 1. The quantitative estimate of drug-likeness (QED) is 0.0239. The first kappa shape index (κ1) is 75.5. The Morgan fingerprint density at radius 3 is 1.28 bits per heavy atom. The Balaban J connectivity index is 2.44. The van der Waals surface area contributed by atoms with Crippen LogP contribution in [0.4, 0.5) is 0 Å². The molecule has 22 N–H and O–H groups in total. The molecule has 0 radical (unpaired) electrons. The van der Waals surface area contributed by atoms with E-state index in [0.29, 0.717) is 38.6 Å². The highest BCUT2D eigenvalue weighted by Gasteiger charge is 2.36. The molecule has 0 aliphatic rings. The molecule has 0 bridgehead atoms. The van der Waals surface area contributed by atoms with Crippen LogP contribution in [0.5, 0.6) is 0 Å². The molecule has 0 fully saturated rings. The lowest BCUT2D eigenvalue weighted by Crippen LogP contribution is -2.61. The van der Waals surface area contributed by atoms with Gasteiger partial charge in [0.05, 0.1) is 0 Å². The van der Waals surface area contributed by atoms with Crippen molar-refractivity contribution in [1.82, 2.24) is 52.8 Å². The summed E-state index contributed by atoms with van der Waals surface area (Å²) >= 11 is 0. The van der Waals surface area contributed by atoms with E-state index in [1.165, 1.54) is 0 Å². The van der Waals surface area contributed by atoms with Crippen molar-refractivity contribution in [3.8, 4) is 0 Å². The van der Waals surface area contributed by atoms with E-state index in [9.17, 15) is 43.2 Å². The van der Waals surface area contributed by atoms with Crippen molar-refractivity contribution in [1.29, 1.82) is 0 Å². The molecule has 490 valence electrons. The maximum Gasteiger partial charge on any atom is 0.243 e. The molecule has 27 heteroatoms. The molecule has 27 nitrogen and oxygen atoms in total. The number of nitrogens with zero attached hydrogens (tertiary/aromatic N) is 2. The standard InChI is InChI=1S/C60H106N18O9/c1-34(2)29-45(71-49(79)22-25-62)54(83)75-47(31-36(5)6)56(85)77-48(32-37(7)8)57(86)76-46(30-35(3)4)55(84)73-44(21-16-27-69-60(65)66)53(82)78-50(38(9)10)58(87)74-43(19-13-14-24-61)52(81)72-42(20-15-26-68-59(63)64)51(80)67-28-23-39-33-70-41-18-12-11-17-40(39)41/h11-12,17-18,33-38,42-48,50,70H,13-16,19-32,61-62H2,1-10H3,(H,67,80)(H,71,79)(H,72,81)(H,73,84)(H,74,87)(H,75,83)(H,76,86)(H,77,85)(H,78,82)(H4,63,64,68)(H4,65,66,69)/t42-,43-,44-,45-,46-,47-,48-,50-/m0/s1. The summed E-state index contributed by atoms with van der Waals surface area (Å²) in [5, 5.41) is 26.4. The first-order valence-corrected chi connectivity index (χ1v) is 30.8. The number of guanidine groups is 2. The van der Waals surface area contributed by atoms with Gasteiger partial charge in [0, 0.05) is 49.7 Å². The van der Waals surface area contributed by atoms with Crippen molar-refractivity contribution in [3.05, 3.63) is 36.0 Å². The molecule has 1 aromatic carbocycles. The van der Waals surface area contributed by atoms with E-state index in [-0.39, 0.29) is 113 Å². The number of H-pyrrole nitrogens is 1. The summed E-state index contributed by atoms with van der Waals surface area (Å²) in [6.45, 7) is 19.3. The highest BCUT2D eigenvalue weighted by Crippen LogP contribution is 2.19. The molecule has 0 aliphatic heterocycles. The summed E-state index contributed by atoms with van der Waals surface area (Å²) in [5.41, 5.74) is 35.7. The van der Waals surface area contributed by atoms with Gasteiger partial charge in [0.1, 0.15) is 48.3 Å². The van der Waals surface area contributed by atoms with Crippen molar-refractivity contribution in [2.24, 2.45) is 74.0 Å². The Labute approximate surface area is 514 Å². The Hall–Kier alpha value is -7.55. The number of rotatable bonds is 42. The number of nitrogens with one attached hydrogen (secondary N) is 10. The minimum Gasteiger partial charge on any atom is -0.370 e. The summed E-state index contributed by atoms with van der Waals surface area (Å²) in [6.07, 6.45) is 4.89. The van der Waals surface area contributed by atoms with Gasteiger partial charge in [0.15, 0.2) is 11.9 Å². The first-order chi connectivity index (χ1) is 41.1. The number of carbonyl (C=O) groups is 9. The molecule has 0 saturated carbocycles. The van der Waals surface area contributed by atoms with Crippen molar-refractivity contribution in [2.75, 3.05) is 32.7 Å². The maximum atomic E-state index is 14.5. The molecule has 8 atom stereocenters. The molecule has 9 amide bonds. The predicted molar refractivity (Wildman–Crippen MR) is 340 cm³/mol. The number of fused-ring (bicyclic) bond motifs is 1. The Morgan fingerprint density at radius 2 is 0.851 bits per heavy atom. The minimum absolute atomic E-state index is 0.0112. The topological polar surface area (TPSA) is 459 Å². The fourth-order valence-corrected chi connectivity index (χ4v) is 9.71. The number of nitrogens with two attached hydrogens (primary N) is 6. The van der Waals surface area contributed by atoms with Gasteiger partial charge < -0.3 is 87.2 Å². The largest absolute Gasteiger partial charge is 0.370 e. The van der Waals surface area contributed by atoms with Crippen LogP contribution in [-0.2, 0) is 49.6 Å². The number of hydrogen-bond acceptors (Lipinski definition) is 13. The normalized spacial score (nSPS) is 14.2. The number of carbonyl (C=O) groups excluding carboxylic acids is 9. The van der Waals surface area contributed by atoms with Crippen molar-refractivity contribution >= 4 is 76.0 Å². The number of unbranched alkanes of at least 4 members (excludes halogenated alkanes) is 1. The van der Waals surface area contributed by atoms with Crippen LogP contribution < -0.4 is 82.3 Å². The molecule has 0 spiro atoms. The van der Waals surface area contributed by atoms with Crippen molar-refractivity contribution in [3.63, 3.8) is 0 Å². The Kier molecular flexibility index (Phi) is 34.7. The lowest BCUT2D eigenvalue weighted by molar-refractivity contribution is -0.136. The minimum atomic E-state index is -1.31. The number of hydrogen-bond donors (Lipinski definition) is 16. The van der Waals surface area contributed by atoms with Crippen LogP contribution in [0.3, 0.4) is 0 Å². The van der Waals surface area contributed by atoms with Gasteiger partial charge in [-0.3, -0.25) is 53.1 Å². The van der Waals surface area contributed by atoms with Gasteiger partial charge in [0.25, 0.3) is 0 Å². The smallest absolute Gasteiger partial charge is 0.243 e. The molecule has 0 unspecified atom stereocenters. The SMILES string of the molecule is CC(C)C[C@H](NC(=O)CCN)C(=O)N[C@@H](CC(C)C)C(=O)N[C@@H](CC(C)C)C(=O)N[C@@H](CC(C)C)C(=O)N[C@@H](CCCN=C(N)N)C(=O)N[C@H](C(=O)N[C@@H](CCCCN)C(=O)N[C@@H](CCCN=C(N)N)C(=O)NCCc1c[nH]c2ccccc12)C(C)C. The number of amides is 9. The molecular weight excluding hydrogens is 1120 g/mol. The average molecular weight is 1220 g/mol. The molecular formula is C60H106N18O9. The van der Waals surface area contributed by atoms with Crippen LogP contribution in [0, 0.1) is 29.6 Å². The molecule has 0 aliphatic carbocycles. The zero-order valence-corrected chi connectivity index (χ0v) is 53.2. The second-order valence-corrected chi connectivity index (χ2v) is 24.4. The van der Waals surface area contributed by atoms with E-state index in [1.54, 1.807) is 13.8 Å². The van der Waals surface area contributed by atoms with Crippen LogP contribution in [0.2, 0.25) is 0 Å². The van der Waals surface area contributed by atoms with E-state index in [0.717, 1.165) is 16.5 Å². The fraction of sp³-hybridized carbons (Fsp3) is 0.683. The van der Waals surface area contributed by atoms with Gasteiger partial charge in [-0.2, -0.15) is 0 Å². The summed E-state index contributed by atoms with van der Waals surface area (Å²) in [4.78, 5) is 138. The number of aromatic amines is 1. The van der Waals surface area contributed by atoms with Crippen LogP contribution in [0.25, 0.3) is 10.9 Å². The molecule has 1 aromatic heterocycles. The second kappa shape index (κ2) is 40.0. The summed E-state index contributed by atoms with van der Waals surface area (Å²) < 4.78 is 0. The third-order valence-corrected chi connectivity index (χ3v) is 14.1. The maximum absolute atomic E-state index is 14.5. The van der Waals surface area contributed by atoms with Gasteiger partial charge >= 0.3 is 0 Å². The van der Waals surface area contributed by atoms with Gasteiger partial charge in [-0.15, -0.1) is 0 Å². The molecule has 0 saturated heterocycles. The number of aliphatic imine (C=N–C) groups is 2. The van der Waals surface area contributed by atoms with Crippen molar-refractivity contribution in [2.45, 2.75) is 201 Å². The van der Waals surface area contributed by atoms with E-state index in [4.69, 9.17) is 34.4 Å². The lowest BCUT2D eigenvalue weighted by Gasteiger charge is -2.30. The average Bonchev–Trinajstić information content (AvgIpc) is 3.01. The van der Waals surface area contributed by atoms with E-state index in [1.807, 2.05) is 85.9 Å². The predicted octanol–water partition coefficient (Wildman–Crippen LogP) is 0.130. The van der Waals surface area contributed by atoms with Gasteiger partial charge in [-0.25, -0.2) is 0 Å². The van der Waals surface area contributed by atoms with Crippen LogP contribution in [0.1, 0.15) is 152 Å².